The van der Waals surface area contributed by atoms with Gasteiger partial charge in [-0.05, 0) is 5.75 Å². The van der Waals surface area contributed by atoms with Crippen LogP contribution >= 0.6 is 11.8 Å². The van der Waals surface area contributed by atoms with E-state index < -0.39 is 0 Å². The van der Waals surface area contributed by atoms with Gasteiger partial charge in [0, 0.05) is 6.42 Å². The number of anilines is 1. The Labute approximate surface area is 113 Å². The first-order chi connectivity index (χ1) is 9.17. The number of imidazole rings is 1. The second kappa shape index (κ2) is 5.79. The Kier molecular flexibility index (Phi) is 4.10. The van der Waals surface area contributed by atoms with Crippen LogP contribution in [0, 0.1) is 0 Å². The van der Waals surface area contributed by atoms with E-state index in [-0.39, 0.29) is 11.1 Å². The molecule has 0 aliphatic carbocycles. The van der Waals surface area contributed by atoms with E-state index in [0.29, 0.717) is 29.2 Å². The molecule has 0 bridgehead atoms. The number of rotatable bonds is 3. The van der Waals surface area contributed by atoms with E-state index in [0.717, 1.165) is 11.8 Å². The molecule has 0 fully saturated rings. The molecule has 0 spiro atoms. The van der Waals surface area contributed by atoms with Crippen LogP contribution in [-0.4, -0.2) is 36.4 Å². The number of aromatic nitrogens is 4. The molecule has 1 N–H and O–H groups in total. The zero-order chi connectivity index (χ0) is 13.8. The monoisotopic (exact) mass is 279 g/mol. The topological polar surface area (TPSA) is 89.8 Å². The van der Waals surface area contributed by atoms with Crippen LogP contribution in [0.15, 0.2) is 12.7 Å². The van der Waals surface area contributed by atoms with Crippen molar-refractivity contribution >= 4 is 39.9 Å². The van der Waals surface area contributed by atoms with Crippen molar-refractivity contribution < 1.29 is 9.59 Å². The van der Waals surface area contributed by atoms with Crippen molar-refractivity contribution in [3.63, 3.8) is 0 Å². The number of thioether (sulfide) groups is 1. The molecule has 2 heterocycles. The molecule has 0 aliphatic heterocycles. The third kappa shape index (κ3) is 2.73. The highest BCUT2D eigenvalue weighted by molar-refractivity contribution is 8.13. The molecule has 0 saturated carbocycles. The molecule has 1 amide bonds. The van der Waals surface area contributed by atoms with E-state index in [2.05, 4.69) is 20.3 Å². The van der Waals surface area contributed by atoms with Crippen LogP contribution in [0.3, 0.4) is 0 Å². The quantitative estimate of drug-likeness (QED) is 0.922. The SMILES string of the molecule is CCSC(=O)n1cnc2c(NC(=O)CC)ncnc21. The fraction of sp³-hybridized carbons (Fsp3) is 0.364. The van der Waals surface area contributed by atoms with Gasteiger partial charge in [-0.1, -0.05) is 25.6 Å². The zero-order valence-corrected chi connectivity index (χ0v) is 11.4. The highest BCUT2D eigenvalue weighted by Gasteiger charge is 2.15. The first-order valence-electron chi connectivity index (χ1n) is 5.82. The Bertz CT molecular complexity index is 625. The zero-order valence-electron chi connectivity index (χ0n) is 10.6. The first kappa shape index (κ1) is 13.5. The maximum absolute atomic E-state index is 11.8. The summed E-state index contributed by atoms with van der Waals surface area (Å²) in [4.78, 5) is 35.4. The lowest BCUT2D eigenvalue weighted by atomic mass is 10.4. The normalized spacial score (nSPS) is 10.6. The van der Waals surface area contributed by atoms with Crippen LogP contribution in [-0.2, 0) is 4.79 Å². The van der Waals surface area contributed by atoms with Gasteiger partial charge in [-0.3, -0.25) is 9.59 Å². The molecule has 100 valence electrons. The van der Waals surface area contributed by atoms with Gasteiger partial charge in [-0.25, -0.2) is 19.5 Å². The summed E-state index contributed by atoms with van der Waals surface area (Å²) >= 11 is 1.16. The number of hydrogen-bond acceptors (Lipinski definition) is 6. The molecule has 2 aromatic heterocycles. The number of hydrogen-bond donors (Lipinski definition) is 1. The molecule has 0 saturated heterocycles. The van der Waals surface area contributed by atoms with Crippen LogP contribution in [0.2, 0.25) is 0 Å². The second-order valence-corrected chi connectivity index (χ2v) is 4.82. The Morgan fingerprint density at radius 1 is 1.32 bits per heavy atom. The van der Waals surface area contributed by atoms with Crippen molar-refractivity contribution in [2.75, 3.05) is 11.1 Å². The minimum Gasteiger partial charge on any atom is -0.309 e. The molecular weight excluding hydrogens is 266 g/mol. The van der Waals surface area contributed by atoms with E-state index in [9.17, 15) is 9.59 Å². The summed E-state index contributed by atoms with van der Waals surface area (Å²) in [6.07, 6.45) is 3.04. The molecular formula is C11H13N5O2S. The number of carbonyl (C=O) groups excluding carboxylic acids is 2. The van der Waals surface area contributed by atoms with Crippen molar-refractivity contribution in [1.82, 2.24) is 19.5 Å². The van der Waals surface area contributed by atoms with Crippen molar-refractivity contribution in [3.05, 3.63) is 12.7 Å². The summed E-state index contributed by atoms with van der Waals surface area (Å²) in [6.45, 7) is 3.64. The molecule has 0 atom stereocenters. The minimum absolute atomic E-state index is 0.156. The van der Waals surface area contributed by atoms with Gasteiger partial charge >= 0.3 is 0 Å². The third-order valence-corrected chi connectivity index (χ3v) is 3.11. The van der Waals surface area contributed by atoms with Crippen molar-refractivity contribution in [3.8, 4) is 0 Å². The fourth-order valence-electron chi connectivity index (χ4n) is 1.47. The van der Waals surface area contributed by atoms with Gasteiger partial charge in [0.2, 0.25) is 5.91 Å². The Balaban J connectivity index is 2.42. The Hall–Kier alpha value is -1.96. The van der Waals surface area contributed by atoms with Crippen molar-refractivity contribution in [2.45, 2.75) is 20.3 Å². The highest BCUT2D eigenvalue weighted by atomic mass is 32.2. The number of carbonyl (C=O) groups is 2. The first-order valence-corrected chi connectivity index (χ1v) is 6.81. The lowest BCUT2D eigenvalue weighted by molar-refractivity contribution is -0.115. The Morgan fingerprint density at radius 2 is 2.11 bits per heavy atom. The van der Waals surface area contributed by atoms with E-state index >= 15 is 0 Å². The second-order valence-electron chi connectivity index (χ2n) is 3.61. The Morgan fingerprint density at radius 3 is 2.79 bits per heavy atom. The van der Waals surface area contributed by atoms with Crippen LogP contribution in [0.1, 0.15) is 20.3 Å². The van der Waals surface area contributed by atoms with E-state index in [1.54, 1.807) is 6.92 Å². The van der Waals surface area contributed by atoms with Crippen LogP contribution in [0.4, 0.5) is 10.6 Å². The lowest BCUT2D eigenvalue weighted by Crippen LogP contribution is -2.12. The van der Waals surface area contributed by atoms with Gasteiger partial charge in [0.15, 0.2) is 17.0 Å². The van der Waals surface area contributed by atoms with Gasteiger partial charge in [-0.15, -0.1) is 0 Å². The van der Waals surface area contributed by atoms with Crippen molar-refractivity contribution in [2.24, 2.45) is 0 Å². The molecule has 0 aliphatic rings. The molecule has 0 radical (unpaired) electrons. The average Bonchev–Trinajstić information content (AvgIpc) is 2.84. The van der Waals surface area contributed by atoms with Crippen LogP contribution in [0.25, 0.3) is 11.2 Å². The predicted octanol–water partition coefficient (Wildman–Crippen LogP) is 1.90. The van der Waals surface area contributed by atoms with Crippen LogP contribution < -0.4 is 5.32 Å². The fourth-order valence-corrected chi connectivity index (χ4v) is 1.99. The third-order valence-electron chi connectivity index (χ3n) is 2.38. The minimum atomic E-state index is -0.163. The van der Waals surface area contributed by atoms with Gasteiger partial charge in [-0.2, -0.15) is 0 Å². The number of fused-ring (bicyclic) bond motifs is 1. The van der Waals surface area contributed by atoms with Gasteiger partial charge in [0.25, 0.3) is 5.24 Å². The van der Waals surface area contributed by atoms with E-state index in [1.807, 2.05) is 6.92 Å². The lowest BCUT2D eigenvalue weighted by Gasteiger charge is -2.03. The van der Waals surface area contributed by atoms with Gasteiger partial charge in [0.1, 0.15) is 12.7 Å². The molecule has 19 heavy (non-hydrogen) atoms. The average molecular weight is 279 g/mol. The highest BCUT2D eigenvalue weighted by Crippen LogP contribution is 2.19. The van der Waals surface area contributed by atoms with Crippen molar-refractivity contribution in [1.29, 1.82) is 0 Å². The summed E-state index contributed by atoms with van der Waals surface area (Å²) in [5.41, 5.74) is 0.807. The predicted molar refractivity (Wildman–Crippen MR) is 73.2 cm³/mol. The molecule has 2 rings (SSSR count). The van der Waals surface area contributed by atoms with Crippen LogP contribution in [0.5, 0.6) is 0 Å². The summed E-state index contributed by atoms with van der Waals surface area (Å²) in [6, 6.07) is 0. The summed E-state index contributed by atoms with van der Waals surface area (Å²) in [5.74, 6) is 0.831. The summed E-state index contributed by atoms with van der Waals surface area (Å²) in [7, 11) is 0. The maximum Gasteiger partial charge on any atom is 0.292 e. The number of amides is 1. The van der Waals surface area contributed by atoms with E-state index in [1.165, 1.54) is 17.2 Å². The van der Waals surface area contributed by atoms with Gasteiger partial charge < -0.3 is 5.32 Å². The number of nitrogens with one attached hydrogen (secondary N) is 1. The number of nitrogens with zero attached hydrogens (tertiary/aromatic N) is 4. The molecule has 0 aromatic carbocycles. The largest absolute Gasteiger partial charge is 0.309 e. The molecule has 0 unspecified atom stereocenters. The van der Waals surface area contributed by atoms with Gasteiger partial charge in [0.05, 0.1) is 0 Å². The molecule has 2 aromatic rings. The maximum atomic E-state index is 11.8. The smallest absolute Gasteiger partial charge is 0.292 e. The summed E-state index contributed by atoms with van der Waals surface area (Å²) in [5, 5.41) is 2.48. The van der Waals surface area contributed by atoms with E-state index in [4.69, 9.17) is 0 Å². The summed E-state index contributed by atoms with van der Waals surface area (Å²) < 4.78 is 1.35. The molecule has 8 heteroatoms. The standard InChI is InChI=1S/C11H13N5O2S/c1-3-7(17)15-9-8-10(13-5-12-9)16(6-14-8)11(18)19-4-2/h5-6H,3-4H2,1-2H3,(H,12,13,15,17). The molecule has 7 nitrogen and oxygen atoms in total.